The van der Waals surface area contributed by atoms with Gasteiger partial charge in [-0.05, 0) is 6.42 Å². The van der Waals surface area contributed by atoms with Crippen LogP contribution in [-0.2, 0) is 9.47 Å². The molecule has 4 heteroatoms. The maximum absolute atomic E-state index is 5.68. The minimum Gasteiger partial charge on any atom is -0.379 e. The van der Waals surface area contributed by atoms with E-state index in [9.17, 15) is 0 Å². The Balaban J connectivity index is 0.000000810. The average molecular weight is 168 g/mol. The number of halogens is 1. The first-order valence-electron chi connectivity index (χ1n) is 3.20. The van der Waals surface area contributed by atoms with Crippen LogP contribution >= 0.6 is 12.4 Å². The molecule has 0 saturated carbocycles. The molecule has 2 atom stereocenters. The molecular weight excluding hydrogens is 154 g/mol. The van der Waals surface area contributed by atoms with E-state index in [1.165, 1.54) is 0 Å². The third-order valence-corrected chi connectivity index (χ3v) is 1.66. The molecule has 1 aliphatic rings. The predicted octanol–water partition coefficient (Wildman–Crippen LogP) is 0.171. The van der Waals surface area contributed by atoms with E-state index in [2.05, 4.69) is 0 Å². The number of ether oxygens (including phenoxy) is 2. The Hall–Kier alpha value is 0.170. The fraction of sp³-hybridized carbons (Fsp3) is 1.00. The normalized spacial score (nSPS) is 33.0. The Morgan fingerprint density at radius 2 is 2.30 bits per heavy atom. The SMILES string of the molecule is CO[C@@H]1COCC[C@H]1N.Cl. The lowest BCUT2D eigenvalue weighted by atomic mass is 10.1. The van der Waals surface area contributed by atoms with Crippen LogP contribution in [0.25, 0.3) is 0 Å². The molecule has 0 spiro atoms. The van der Waals surface area contributed by atoms with E-state index in [4.69, 9.17) is 15.2 Å². The lowest BCUT2D eigenvalue weighted by Crippen LogP contribution is -2.43. The Bertz CT molecular complexity index is 91.8. The third kappa shape index (κ3) is 2.42. The van der Waals surface area contributed by atoms with Gasteiger partial charge in [-0.25, -0.2) is 0 Å². The molecule has 1 rings (SSSR count). The van der Waals surface area contributed by atoms with Crippen molar-refractivity contribution in [3.05, 3.63) is 0 Å². The lowest BCUT2D eigenvalue weighted by Gasteiger charge is -2.26. The van der Waals surface area contributed by atoms with Crippen LogP contribution in [0.1, 0.15) is 6.42 Å². The standard InChI is InChI=1S/C6H13NO2.ClH/c1-8-6-4-9-3-2-5(6)7;/h5-6H,2-4,7H2,1H3;1H/t5-,6-;/m1./s1. The molecule has 62 valence electrons. The first-order chi connectivity index (χ1) is 4.34. The predicted molar refractivity (Wildman–Crippen MR) is 41.5 cm³/mol. The van der Waals surface area contributed by atoms with Gasteiger partial charge in [0.2, 0.25) is 0 Å². The van der Waals surface area contributed by atoms with Gasteiger partial charge < -0.3 is 15.2 Å². The summed E-state index contributed by atoms with van der Waals surface area (Å²) in [5.74, 6) is 0. The summed E-state index contributed by atoms with van der Waals surface area (Å²) in [5.41, 5.74) is 5.68. The summed E-state index contributed by atoms with van der Waals surface area (Å²) < 4.78 is 10.2. The maximum Gasteiger partial charge on any atom is 0.0955 e. The van der Waals surface area contributed by atoms with Crippen LogP contribution in [0, 0.1) is 0 Å². The van der Waals surface area contributed by atoms with Crippen molar-refractivity contribution >= 4 is 12.4 Å². The molecule has 0 aromatic carbocycles. The molecule has 0 amide bonds. The van der Waals surface area contributed by atoms with E-state index in [0.717, 1.165) is 13.0 Å². The molecule has 0 bridgehead atoms. The van der Waals surface area contributed by atoms with Gasteiger partial charge in [-0.3, -0.25) is 0 Å². The topological polar surface area (TPSA) is 44.5 Å². The summed E-state index contributed by atoms with van der Waals surface area (Å²) in [6.07, 6.45) is 1.03. The number of hydrogen-bond acceptors (Lipinski definition) is 3. The van der Waals surface area contributed by atoms with E-state index >= 15 is 0 Å². The zero-order valence-corrected chi connectivity index (χ0v) is 6.89. The van der Waals surface area contributed by atoms with Gasteiger partial charge >= 0.3 is 0 Å². The summed E-state index contributed by atoms with van der Waals surface area (Å²) >= 11 is 0. The second-order valence-electron chi connectivity index (χ2n) is 2.30. The van der Waals surface area contributed by atoms with Gasteiger partial charge in [0.15, 0.2) is 0 Å². The van der Waals surface area contributed by atoms with Gasteiger partial charge in [0.1, 0.15) is 0 Å². The van der Waals surface area contributed by atoms with Crippen LogP contribution in [0.2, 0.25) is 0 Å². The van der Waals surface area contributed by atoms with Crippen molar-refractivity contribution in [2.24, 2.45) is 5.73 Å². The molecule has 3 nitrogen and oxygen atoms in total. The lowest BCUT2D eigenvalue weighted by molar-refractivity contribution is -0.0411. The van der Waals surface area contributed by atoms with Gasteiger partial charge in [0.05, 0.1) is 12.7 Å². The molecule has 1 saturated heterocycles. The Morgan fingerprint density at radius 3 is 2.70 bits per heavy atom. The number of rotatable bonds is 1. The van der Waals surface area contributed by atoms with Gasteiger partial charge in [-0.15, -0.1) is 12.4 Å². The second-order valence-corrected chi connectivity index (χ2v) is 2.30. The zero-order chi connectivity index (χ0) is 6.69. The van der Waals surface area contributed by atoms with Crippen molar-refractivity contribution in [1.82, 2.24) is 0 Å². The average Bonchev–Trinajstić information content (AvgIpc) is 1.89. The minimum atomic E-state index is 0. The van der Waals surface area contributed by atoms with Crippen LogP contribution in [0.3, 0.4) is 0 Å². The van der Waals surface area contributed by atoms with Crippen molar-refractivity contribution in [3.63, 3.8) is 0 Å². The molecule has 1 fully saturated rings. The van der Waals surface area contributed by atoms with Crippen LogP contribution in [0.5, 0.6) is 0 Å². The van der Waals surface area contributed by atoms with Crippen molar-refractivity contribution in [3.8, 4) is 0 Å². The smallest absolute Gasteiger partial charge is 0.0955 e. The molecule has 10 heavy (non-hydrogen) atoms. The number of methoxy groups -OCH3 is 1. The molecule has 0 aliphatic carbocycles. The highest BCUT2D eigenvalue weighted by Crippen LogP contribution is 2.07. The monoisotopic (exact) mass is 167 g/mol. The fourth-order valence-electron chi connectivity index (χ4n) is 0.971. The highest BCUT2D eigenvalue weighted by atomic mass is 35.5. The molecule has 2 N–H and O–H groups in total. The molecule has 1 aliphatic heterocycles. The number of hydrogen-bond donors (Lipinski definition) is 1. The summed E-state index contributed by atoms with van der Waals surface area (Å²) in [5, 5.41) is 0. The third-order valence-electron chi connectivity index (χ3n) is 1.66. The molecule has 0 unspecified atom stereocenters. The highest BCUT2D eigenvalue weighted by Gasteiger charge is 2.21. The minimum absolute atomic E-state index is 0. The quantitative estimate of drug-likeness (QED) is 0.606. The van der Waals surface area contributed by atoms with Crippen LogP contribution < -0.4 is 5.73 Å². The number of nitrogens with two attached hydrogens (primary N) is 1. The summed E-state index contributed by atoms with van der Waals surface area (Å²) in [6.45, 7) is 1.43. The van der Waals surface area contributed by atoms with Crippen LogP contribution in [0.4, 0.5) is 0 Å². The van der Waals surface area contributed by atoms with E-state index < -0.39 is 0 Å². The molecular formula is C6H14ClNO2. The summed E-state index contributed by atoms with van der Waals surface area (Å²) in [4.78, 5) is 0. The molecule has 0 aromatic heterocycles. The second kappa shape index (κ2) is 4.91. The van der Waals surface area contributed by atoms with Crippen molar-refractivity contribution in [2.45, 2.75) is 18.6 Å². The van der Waals surface area contributed by atoms with Gasteiger partial charge in [-0.1, -0.05) is 0 Å². The van der Waals surface area contributed by atoms with E-state index in [1.54, 1.807) is 7.11 Å². The highest BCUT2D eigenvalue weighted by molar-refractivity contribution is 5.85. The Morgan fingerprint density at radius 1 is 1.60 bits per heavy atom. The first-order valence-corrected chi connectivity index (χ1v) is 3.20. The molecule has 0 aromatic rings. The zero-order valence-electron chi connectivity index (χ0n) is 6.08. The van der Waals surface area contributed by atoms with Crippen LogP contribution in [-0.4, -0.2) is 32.5 Å². The van der Waals surface area contributed by atoms with Crippen LogP contribution in [0.15, 0.2) is 0 Å². The van der Waals surface area contributed by atoms with Crippen molar-refractivity contribution in [2.75, 3.05) is 20.3 Å². The van der Waals surface area contributed by atoms with Gasteiger partial charge in [0, 0.05) is 19.8 Å². The summed E-state index contributed by atoms with van der Waals surface area (Å²) in [7, 11) is 1.67. The Kier molecular flexibility index (Phi) is 4.99. The summed E-state index contributed by atoms with van der Waals surface area (Å²) in [6, 6.07) is 0.170. The van der Waals surface area contributed by atoms with Gasteiger partial charge in [-0.2, -0.15) is 0 Å². The Labute approximate surface area is 67.3 Å². The molecule has 1 heterocycles. The van der Waals surface area contributed by atoms with E-state index in [0.29, 0.717) is 6.61 Å². The maximum atomic E-state index is 5.68. The van der Waals surface area contributed by atoms with E-state index in [1.807, 2.05) is 0 Å². The van der Waals surface area contributed by atoms with Gasteiger partial charge in [0.25, 0.3) is 0 Å². The molecule has 0 radical (unpaired) electrons. The van der Waals surface area contributed by atoms with E-state index in [-0.39, 0.29) is 24.6 Å². The first kappa shape index (κ1) is 10.2. The van der Waals surface area contributed by atoms with Crippen molar-refractivity contribution in [1.29, 1.82) is 0 Å². The largest absolute Gasteiger partial charge is 0.379 e. The van der Waals surface area contributed by atoms with Crippen molar-refractivity contribution < 1.29 is 9.47 Å². The fourth-order valence-corrected chi connectivity index (χ4v) is 0.971.